The SMILES string of the molecule is CC(NC1CCCCC1C(F)(F)F)c1ccsc1. The summed E-state index contributed by atoms with van der Waals surface area (Å²) in [7, 11) is 0. The van der Waals surface area contributed by atoms with E-state index >= 15 is 0 Å². The fourth-order valence-corrected chi connectivity index (χ4v) is 3.41. The molecule has 3 unspecified atom stereocenters. The number of hydrogen-bond acceptors (Lipinski definition) is 2. The van der Waals surface area contributed by atoms with Crippen molar-refractivity contribution < 1.29 is 13.2 Å². The predicted octanol–water partition coefficient (Wildman–Crippen LogP) is 4.52. The van der Waals surface area contributed by atoms with E-state index in [4.69, 9.17) is 0 Å². The molecule has 1 saturated carbocycles. The first-order valence-electron chi connectivity index (χ1n) is 6.33. The maximum absolute atomic E-state index is 12.9. The minimum absolute atomic E-state index is 0.0100. The van der Waals surface area contributed by atoms with Crippen molar-refractivity contribution in [1.29, 1.82) is 0 Å². The molecule has 1 aliphatic rings. The third kappa shape index (κ3) is 3.26. The van der Waals surface area contributed by atoms with Gasteiger partial charge in [0, 0.05) is 12.1 Å². The van der Waals surface area contributed by atoms with Crippen molar-refractivity contribution in [1.82, 2.24) is 5.32 Å². The molecule has 102 valence electrons. The molecule has 0 aromatic carbocycles. The van der Waals surface area contributed by atoms with E-state index in [2.05, 4.69) is 5.32 Å². The van der Waals surface area contributed by atoms with Gasteiger partial charge >= 0.3 is 6.18 Å². The summed E-state index contributed by atoms with van der Waals surface area (Å²) in [5.41, 5.74) is 1.08. The summed E-state index contributed by atoms with van der Waals surface area (Å²) in [5.74, 6) is -1.19. The Bertz CT molecular complexity index is 361. The minimum atomic E-state index is -4.08. The van der Waals surface area contributed by atoms with E-state index in [1.54, 1.807) is 11.3 Å². The first-order valence-corrected chi connectivity index (χ1v) is 7.27. The highest BCUT2D eigenvalue weighted by Crippen LogP contribution is 2.38. The van der Waals surface area contributed by atoms with Crippen molar-refractivity contribution in [2.24, 2.45) is 5.92 Å². The average Bonchev–Trinajstić information content (AvgIpc) is 2.81. The van der Waals surface area contributed by atoms with E-state index in [-0.39, 0.29) is 12.5 Å². The van der Waals surface area contributed by atoms with Gasteiger partial charge in [-0.15, -0.1) is 0 Å². The number of alkyl halides is 3. The molecule has 0 spiro atoms. The van der Waals surface area contributed by atoms with Gasteiger partial charge in [-0.05, 0) is 42.2 Å². The predicted molar refractivity (Wildman–Crippen MR) is 67.7 cm³/mol. The molecule has 0 amide bonds. The molecule has 0 radical (unpaired) electrons. The molecule has 0 saturated heterocycles. The molecule has 3 atom stereocenters. The number of hydrogen-bond donors (Lipinski definition) is 1. The van der Waals surface area contributed by atoms with Crippen LogP contribution in [0.1, 0.15) is 44.2 Å². The highest BCUT2D eigenvalue weighted by atomic mass is 32.1. The van der Waals surface area contributed by atoms with Crippen LogP contribution in [0.5, 0.6) is 0 Å². The number of thiophene rings is 1. The quantitative estimate of drug-likeness (QED) is 0.856. The Morgan fingerprint density at radius 1 is 1.33 bits per heavy atom. The molecule has 1 aromatic rings. The average molecular weight is 277 g/mol. The lowest BCUT2D eigenvalue weighted by molar-refractivity contribution is -0.189. The lowest BCUT2D eigenvalue weighted by atomic mass is 9.83. The zero-order valence-electron chi connectivity index (χ0n) is 10.3. The second-order valence-corrected chi connectivity index (χ2v) is 5.76. The van der Waals surface area contributed by atoms with Crippen LogP contribution >= 0.6 is 11.3 Å². The van der Waals surface area contributed by atoms with Crippen LogP contribution in [0.3, 0.4) is 0 Å². The Morgan fingerprint density at radius 3 is 2.67 bits per heavy atom. The van der Waals surface area contributed by atoms with Crippen LogP contribution in [0.4, 0.5) is 13.2 Å². The molecule has 1 heterocycles. The minimum Gasteiger partial charge on any atom is -0.307 e. The summed E-state index contributed by atoms with van der Waals surface area (Å²) in [5, 5.41) is 7.11. The van der Waals surface area contributed by atoms with Crippen molar-refractivity contribution >= 4 is 11.3 Å². The van der Waals surface area contributed by atoms with Gasteiger partial charge in [-0.25, -0.2) is 0 Å². The van der Waals surface area contributed by atoms with E-state index in [1.165, 1.54) is 0 Å². The molecular weight excluding hydrogens is 259 g/mol. The van der Waals surface area contributed by atoms with Crippen LogP contribution in [0.2, 0.25) is 0 Å². The van der Waals surface area contributed by atoms with Gasteiger partial charge in [0.05, 0.1) is 5.92 Å². The van der Waals surface area contributed by atoms with E-state index in [9.17, 15) is 13.2 Å². The maximum Gasteiger partial charge on any atom is 0.393 e. The molecule has 1 fully saturated rings. The molecule has 5 heteroatoms. The second kappa shape index (κ2) is 5.61. The van der Waals surface area contributed by atoms with E-state index < -0.39 is 18.1 Å². The summed E-state index contributed by atoms with van der Waals surface area (Å²) >= 11 is 1.57. The lowest BCUT2D eigenvalue weighted by Crippen LogP contribution is -2.46. The van der Waals surface area contributed by atoms with E-state index in [1.807, 2.05) is 23.8 Å². The van der Waals surface area contributed by atoms with Crippen molar-refractivity contribution in [2.45, 2.75) is 50.9 Å². The van der Waals surface area contributed by atoms with Crippen molar-refractivity contribution in [3.8, 4) is 0 Å². The van der Waals surface area contributed by atoms with Gasteiger partial charge in [0.1, 0.15) is 0 Å². The zero-order chi connectivity index (χ0) is 13.2. The lowest BCUT2D eigenvalue weighted by Gasteiger charge is -2.35. The Balaban J connectivity index is 2.01. The molecule has 1 aromatic heterocycles. The first kappa shape index (κ1) is 13.9. The Hall–Kier alpha value is -0.550. The van der Waals surface area contributed by atoms with Gasteiger partial charge in [0.2, 0.25) is 0 Å². The summed E-state index contributed by atoms with van der Waals surface area (Å²) < 4.78 is 38.8. The summed E-state index contributed by atoms with van der Waals surface area (Å²) in [4.78, 5) is 0. The van der Waals surface area contributed by atoms with Crippen LogP contribution in [0, 0.1) is 5.92 Å². The topological polar surface area (TPSA) is 12.0 Å². The number of nitrogens with one attached hydrogen (secondary N) is 1. The van der Waals surface area contributed by atoms with Crippen LogP contribution in [0.15, 0.2) is 16.8 Å². The van der Waals surface area contributed by atoms with Crippen LogP contribution < -0.4 is 5.32 Å². The van der Waals surface area contributed by atoms with Gasteiger partial charge in [0.25, 0.3) is 0 Å². The number of rotatable bonds is 3. The first-order chi connectivity index (χ1) is 8.48. The standard InChI is InChI=1S/C13H18F3NS/c1-9(10-6-7-18-8-10)17-12-5-3-2-4-11(12)13(14,15)16/h6-9,11-12,17H,2-5H2,1H3. The molecule has 2 rings (SSSR count). The van der Waals surface area contributed by atoms with Gasteiger partial charge in [-0.2, -0.15) is 24.5 Å². The Labute approximate surface area is 109 Å². The third-order valence-corrected chi connectivity index (χ3v) is 4.40. The highest BCUT2D eigenvalue weighted by molar-refractivity contribution is 7.07. The fraction of sp³-hybridized carbons (Fsp3) is 0.692. The maximum atomic E-state index is 12.9. The third-order valence-electron chi connectivity index (χ3n) is 3.69. The molecule has 0 aliphatic heterocycles. The molecule has 1 nitrogen and oxygen atoms in total. The van der Waals surface area contributed by atoms with Crippen molar-refractivity contribution in [2.75, 3.05) is 0 Å². The fourth-order valence-electron chi connectivity index (χ4n) is 2.66. The van der Waals surface area contributed by atoms with Crippen LogP contribution in [-0.2, 0) is 0 Å². The van der Waals surface area contributed by atoms with Gasteiger partial charge in [0.15, 0.2) is 0 Å². The second-order valence-electron chi connectivity index (χ2n) is 4.98. The van der Waals surface area contributed by atoms with Gasteiger partial charge in [-0.1, -0.05) is 12.8 Å². The van der Waals surface area contributed by atoms with E-state index in [0.717, 1.165) is 12.0 Å². The molecular formula is C13H18F3NS. The summed E-state index contributed by atoms with van der Waals surface area (Å²) in [6, 6.07) is 1.52. The summed E-state index contributed by atoms with van der Waals surface area (Å²) in [6.07, 6.45) is -1.61. The van der Waals surface area contributed by atoms with Gasteiger partial charge < -0.3 is 5.32 Å². The highest BCUT2D eigenvalue weighted by Gasteiger charge is 2.45. The van der Waals surface area contributed by atoms with Crippen molar-refractivity contribution in [3.63, 3.8) is 0 Å². The molecule has 1 N–H and O–H groups in total. The van der Waals surface area contributed by atoms with E-state index in [0.29, 0.717) is 12.8 Å². The monoisotopic (exact) mass is 277 g/mol. The molecule has 18 heavy (non-hydrogen) atoms. The number of halogens is 3. The largest absolute Gasteiger partial charge is 0.393 e. The van der Waals surface area contributed by atoms with Crippen molar-refractivity contribution in [3.05, 3.63) is 22.4 Å². The summed E-state index contributed by atoms with van der Waals surface area (Å²) in [6.45, 7) is 1.93. The van der Waals surface area contributed by atoms with Crippen LogP contribution in [0.25, 0.3) is 0 Å². The normalized spacial score (nSPS) is 27.1. The van der Waals surface area contributed by atoms with Gasteiger partial charge in [-0.3, -0.25) is 0 Å². The Morgan fingerprint density at radius 2 is 2.06 bits per heavy atom. The smallest absolute Gasteiger partial charge is 0.307 e. The van der Waals surface area contributed by atoms with Crippen LogP contribution in [-0.4, -0.2) is 12.2 Å². The molecule has 1 aliphatic carbocycles. The molecule has 0 bridgehead atoms. The Kier molecular flexibility index (Phi) is 4.33. The zero-order valence-corrected chi connectivity index (χ0v) is 11.2.